The van der Waals surface area contributed by atoms with Gasteiger partial charge in [-0.3, -0.25) is 4.68 Å². The molecule has 0 radical (unpaired) electrons. The van der Waals surface area contributed by atoms with E-state index in [2.05, 4.69) is 10.4 Å². The molecule has 0 aliphatic rings. The third-order valence-electron chi connectivity index (χ3n) is 3.66. The van der Waals surface area contributed by atoms with Crippen molar-refractivity contribution in [3.05, 3.63) is 42.2 Å². The number of nitrogens with one attached hydrogen (secondary N) is 1. The van der Waals surface area contributed by atoms with Crippen molar-refractivity contribution in [2.45, 2.75) is 25.7 Å². The number of hydrogen-bond acceptors (Lipinski definition) is 4. The molecule has 10 heteroatoms. The van der Waals surface area contributed by atoms with Crippen LogP contribution in [-0.2, 0) is 12.7 Å². The van der Waals surface area contributed by atoms with Gasteiger partial charge in [0.25, 0.3) is 0 Å². The Morgan fingerprint density at radius 1 is 1.37 bits per heavy atom. The van der Waals surface area contributed by atoms with Gasteiger partial charge in [-0.15, -0.1) is 0 Å². The maximum Gasteiger partial charge on any atom is 0.416 e. The lowest BCUT2D eigenvalue weighted by molar-refractivity contribution is -0.137. The fourth-order valence-electron chi connectivity index (χ4n) is 2.20. The van der Waals surface area contributed by atoms with E-state index >= 15 is 0 Å². The Bertz CT molecular complexity index is 747. The third kappa shape index (κ3) is 6.17. The number of rotatable bonds is 7. The van der Waals surface area contributed by atoms with Crippen LogP contribution in [-0.4, -0.2) is 52.1 Å². The van der Waals surface area contributed by atoms with Crippen LogP contribution >= 0.6 is 0 Å². The minimum absolute atomic E-state index is 0.0195. The molecule has 27 heavy (non-hydrogen) atoms. The first-order valence-electron chi connectivity index (χ1n) is 8.21. The molecule has 0 aliphatic carbocycles. The quantitative estimate of drug-likeness (QED) is 0.767. The van der Waals surface area contributed by atoms with Gasteiger partial charge in [-0.25, -0.2) is 4.79 Å². The average molecular weight is 386 g/mol. The normalized spacial score (nSPS) is 12.5. The van der Waals surface area contributed by atoms with E-state index in [1.807, 2.05) is 6.92 Å². The number of ether oxygens (including phenoxy) is 1. The molecule has 7 nitrogen and oxygen atoms in total. The van der Waals surface area contributed by atoms with Crippen LogP contribution in [0, 0.1) is 0 Å². The number of anilines is 1. The average Bonchev–Trinajstić information content (AvgIpc) is 3.07. The molecule has 0 bridgehead atoms. The van der Waals surface area contributed by atoms with Crippen LogP contribution < -0.4 is 10.1 Å². The zero-order chi connectivity index (χ0) is 20.0. The second-order valence-electron chi connectivity index (χ2n) is 5.88. The summed E-state index contributed by atoms with van der Waals surface area (Å²) >= 11 is 0. The van der Waals surface area contributed by atoms with Gasteiger partial charge in [0.05, 0.1) is 24.0 Å². The maximum atomic E-state index is 12.5. The fourth-order valence-corrected chi connectivity index (χ4v) is 2.20. The molecule has 0 saturated heterocycles. The number of aromatic nitrogens is 2. The standard InChI is InChI=1S/C17H21F3N4O3/c1-3-24-9-13(8-21-24)22-16(26)23(2)10-14(25)11-27-15-6-4-12(5-7-15)17(18,19)20/h4-9,14,25H,3,10-11H2,1-2H3,(H,22,26). The van der Waals surface area contributed by atoms with Gasteiger partial charge in [-0.05, 0) is 31.2 Å². The molecule has 2 amide bonds. The van der Waals surface area contributed by atoms with Crippen LogP contribution in [0.4, 0.5) is 23.7 Å². The van der Waals surface area contributed by atoms with Crippen LogP contribution in [0.25, 0.3) is 0 Å². The van der Waals surface area contributed by atoms with Crippen LogP contribution in [0.3, 0.4) is 0 Å². The van der Waals surface area contributed by atoms with Crippen molar-refractivity contribution in [3.8, 4) is 5.75 Å². The zero-order valence-corrected chi connectivity index (χ0v) is 14.9. The summed E-state index contributed by atoms with van der Waals surface area (Å²) in [6.07, 6.45) is -2.24. The number of amides is 2. The molecule has 2 N–H and O–H groups in total. The molecule has 148 valence electrons. The first-order valence-corrected chi connectivity index (χ1v) is 8.21. The van der Waals surface area contributed by atoms with Gasteiger partial charge < -0.3 is 20.1 Å². The number of nitrogens with zero attached hydrogens (tertiary/aromatic N) is 3. The minimum Gasteiger partial charge on any atom is -0.491 e. The van der Waals surface area contributed by atoms with Crippen LogP contribution in [0.5, 0.6) is 5.75 Å². The van der Waals surface area contributed by atoms with Crippen molar-refractivity contribution < 1.29 is 27.8 Å². The van der Waals surface area contributed by atoms with E-state index in [0.29, 0.717) is 12.2 Å². The van der Waals surface area contributed by atoms with Crippen LogP contribution in [0.15, 0.2) is 36.7 Å². The van der Waals surface area contributed by atoms with Crippen molar-refractivity contribution in [1.29, 1.82) is 0 Å². The van der Waals surface area contributed by atoms with E-state index in [-0.39, 0.29) is 18.9 Å². The summed E-state index contributed by atoms with van der Waals surface area (Å²) in [5, 5.41) is 16.7. The number of halogens is 3. The Kier molecular flexibility index (Phi) is 6.67. The fraction of sp³-hybridized carbons (Fsp3) is 0.412. The molecule has 1 aromatic heterocycles. The molecule has 1 aromatic carbocycles. The van der Waals surface area contributed by atoms with E-state index in [4.69, 9.17) is 4.74 Å². The Balaban J connectivity index is 1.78. The van der Waals surface area contributed by atoms with E-state index in [1.54, 1.807) is 10.9 Å². The predicted molar refractivity (Wildman–Crippen MR) is 92.5 cm³/mol. The molecule has 0 aliphatic heterocycles. The van der Waals surface area contributed by atoms with E-state index in [0.717, 1.165) is 12.1 Å². The summed E-state index contributed by atoms with van der Waals surface area (Å²) in [7, 11) is 1.50. The number of urea groups is 1. The van der Waals surface area contributed by atoms with Gasteiger partial charge in [0.1, 0.15) is 18.5 Å². The minimum atomic E-state index is -4.41. The van der Waals surface area contributed by atoms with Gasteiger partial charge in [-0.2, -0.15) is 18.3 Å². The molecule has 1 atom stereocenters. The zero-order valence-electron chi connectivity index (χ0n) is 14.9. The van der Waals surface area contributed by atoms with Crippen molar-refractivity contribution in [2.24, 2.45) is 0 Å². The summed E-state index contributed by atoms with van der Waals surface area (Å²) in [5.74, 6) is 0.195. The second-order valence-corrected chi connectivity index (χ2v) is 5.88. The SMILES string of the molecule is CCn1cc(NC(=O)N(C)CC(O)COc2ccc(C(F)(F)F)cc2)cn1. The molecule has 0 fully saturated rings. The van der Waals surface area contributed by atoms with Crippen molar-refractivity contribution in [2.75, 3.05) is 25.5 Å². The summed E-state index contributed by atoms with van der Waals surface area (Å²) in [4.78, 5) is 13.3. The highest BCUT2D eigenvalue weighted by Gasteiger charge is 2.30. The summed E-state index contributed by atoms with van der Waals surface area (Å²) in [6, 6.07) is 3.73. The molecule has 0 spiro atoms. The molecule has 2 rings (SSSR count). The van der Waals surface area contributed by atoms with Crippen molar-refractivity contribution in [1.82, 2.24) is 14.7 Å². The van der Waals surface area contributed by atoms with Gasteiger partial charge in [0.15, 0.2) is 0 Å². The number of alkyl halides is 3. The van der Waals surface area contributed by atoms with E-state index in [1.165, 1.54) is 30.3 Å². The lowest BCUT2D eigenvalue weighted by Crippen LogP contribution is -2.39. The molecule has 0 saturated carbocycles. The number of aryl methyl sites for hydroxylation is 1. The Labute approximate surface area is 154 Å². The Morgan fingerprint density at radius 2 is 2.04 bits per heavy atom. The maximum absolute atomic E-state index is 12.5. The number of carbonyl (C=O) groups excluding carboxylic acids is 1. The van der Waals surface area contributed by atoms with E-state index < -0.39 is 23.9 Å². The topological polar surface area (TPSA) is 79.6 Å². The number of benzene rings is 1. The Hall–Kier alpha value is -2.75. The lowest BCUT2D eigenvalue weighted by Gasteiger charge is -2.21. The molecular weight excluding hydrogens is 365 g/mol. The third-order valence-corrected chi connectivity index (χ3v) is 3.66. The highest BCUT2D eigenvalue weighted by molar-refractivity contribution is 5.88. The van der Waals surface area contributed by atoms with Crippen LogP contribution in [0.1, 0.15) is 12.5 Å². The summed E-state index contributed by atoms with van der Waals surface area (Å²) in [5.41, 5.74) is -0.248. The van der Waals surface area contributed by atoms with Crippen LogP contribution in [0.2, 0.25) is 0 Å². The van der Waals surface area contributed by atoms with Gasteiger partial charge in [0.2, 0.25) is 0 Å². The number of carbonyl (C=O) groups is 1. The number of hydrogen-bond donors (Lipinski definition) is 2. The Morgan fingerprint density at radius 3 is 2.59 bits per heavy atom. The first kappa shape index (κ1) is 20.6. The number of aliphatic hydroxyl groups is 1. The highest BCUT2D eigenvalue weighted by Crippen LogP contribution is 2.30. The largest absolute Gasteiger partial charge is 0.491 e. The molecule has 2 aromatic rings. The van der Waals surface area contributed by atoms with Crippen molar-refractivity contribution >= 4 is 11.7 Å². The van der Waals surface area contributed by atoms with Crippen molar-refractivity contribution in [3.63, 3.8) is 0 Å². The first-order chi connectivity index (χ1) is 12.7. The molecule has 1 heterocycles. The number of likely N-dealkylation sites (N-methyl/N-ethyl adjacent to an activating group) is 1. The second kappa shape index (κ2) is 8.76. The smallest absolute Gasteiger partial charge is 0.416 e. The summed E-state index contributed by atoms with van der Waals surface area (Å²) < 4.78 is 44.4. The van der Waals surface area contributed by atoms with Gasteiger partial charge in [-0.1, -0.05) is 0 Å². The monoisotopic (exact) mass is 386 g/mol. The highest BCUT2D eigenvalue weighted by atomic mass is 19.4. The number of aliphatic hydroxyl groups excluding tert-OH is 1. The van der Waals surface area contributed by atoms with Gasteiger partial charge in [0, 0.05) is 19.8 Å². The summed E-state index contributed by atoms with van der Waals surface area (Å²) in [6.45, 7) is 2.40. The van der Waals surface area contributed by atoms with E-state index in [9.17, 15) is 23.1 Å². The molecular formula is C17H21F3N4O3. The molecule has 1 unspecified atom stereocenters. The lowest BCUT2D eigenvalue weighted by atomic mass is 10.2. The predicted octanol–water partition coefficient (Wildman–Crippen LogP) is 2.83. The van der Waals surface area contributed by atoms with Gasteiger partial charge >= 0.3 is 12.2 Å².